The molecule has 3 N–H and O–H groups in total. The number of rotatable bonds is 14. The number of unbranched alkanes of at least 4 members (excludes halogenated alkanes) is 10. The van der Waals surface area contributed by atoms with E-state index in [9.17, 15) is 0 Å². The summed E-state index contributed by atoms with van der Waals surface area (Å²) in [6.45, 7) is 4.53. The fourth-order valence-electron chi connectivity index (χ4n) is 3.40. The molecule has 4 nitrogen and oxygen atoms in total. The number of aryl methyl sites for hydroxylation is 2. The number of phosphoric acid groups is 1. The maximum absolute atomic E-state index is 8.88. The van der Waals surface area contributed by atoms with Crippen LogP contribution in [-0.2, 0) is 17.4 Å². The SMILES string of the molecule is CCCCCCCCc1cc[c-]cc1.CCCCCCCCc1cc[c-]cc1.O=P(O)(O)O.[Mg+2]. The van der Waals surface area contributed by atoms with Gasteiger partial charge in [0.1, 0.15) is 0 Å². The molecule has 0 aliphatic carbocycles. The summed E-state index contributed by atoms with van der Waals surface area (Å²) >= 11 is 0. The maximum Gasteiger partial charge on any atom is 2.00 e. The molecule has 0 fully saturated rings. The van der Waals surface area contributed by atoms with Crippen LogP contribution in [0.3, 0.4) is 0 Å². The van der Waals surface area contributed by atoms with Crippen molar-refractivity contribution < 1.29 is 19.2 Å². The Morgan fingerprint density at radius 1 is 0.588 bits per heavy atom. The predicted octanol–water partition coefficient (Wildman–Crippen LogP) is 7.47. The fourth-order valence-corrected chi connectivity index (χ4v) is 3.40. The van der Waals surface area contributed by atoms with Crippen LogP contribution in [0.5, 0.6) is 0 Å². The van der Waals surface area contributed by atoms with E-state index in [1.165, 1.54) is 101 Å². The molecule has 2 aromatic rings. The molecule has 0 aliphatic heterocycles. The first-order valence-corrected chi connectivity index (χ1v) is 14.1. The van der Waals surface area contributed by atoms with Gasteiger partial charge in [0, 0.05) is 0 Å². The molecular formula is C28H45MgO4P. The molecule has 0 aromatic heterocycles. The van der Waals surface area contributed by atoms with E-state index in [2.05, 4.69) is 50.2 Å². The van der Waals surface area contributed by atoms with E-state index in [1.807, 2.05) is 24.3 Å². The molecule has 0 atom stereocenters. The topological polar surface area (TPSA) is 77.8 Å². The summed E-state index contributed by atoms with van der Waals surface area (Å²) in [5.74, 6) is 0. The second-order valence-corrected chi connectivity index (χ2v) is 9.39. The Morgan fingerprint density at radius 3 is 1.15 bits per heavy atom. The Bertz CT molecular complexity index is 632. The zero-order chi connectivity index (χ0) is 24.6. The summed E-state index contributed by atoms with van der Waals surface area (Å²) in [6.07, 6.45) is 19.1. The largest absolute Gasteiger partial charge is 2.00 e. The van der Waals surface area contributed by atoms with Crippen molar-refractivity contribution in [2.75, 3.05) is 0 Å². The summed E-state index contributed by atoms with van der Waals surface area (Å²) in [7, 11) is -4.64. The van der Waals surface area contributed by atoms with Gasteiger partial charge >= 0.3 is 30.9 Å². The quantitative estimate of drug-likeness (QED) is 0.109. The molecule has 6 heteroatoms. The van der Waals surface area contributed by atoms with Gasteiger partial charge in [-0.15, -0.1) is 0 Å². The second-order valence-electron chi connectivity index (χ2n) is 8.37. The minimum Gasteiger partial charge on any atom is -0.303 e. The van der Waals surface area contributed by atoms with Crippen LogP contribution in [0.4, 0.5) is 0 Å². The van der Waals surface area contributed by atoms with Crippen molar-refractivity contribution in [2.45, 2.75) is 104 Å². The Kier molecular flexibility index (Phi) is 26.5. The van der Waals surface area contributed by atoms with Crippen molar-refractivity contribution in [1.29, 1.82) is 0 Å². The average Bonchev–Trinajstić information content (AvgIpc) is 2.79. The number of hydrogen-bond donors (Lipinski definition) is 3. The smallest absolute Gasteiger partial charge is 0.303 e. The molecule has 0 spiro atoms. The van der Waals surface area contributed by atoms with Crippen LogP contribution in [-0.4, -0.2) is 37.7 Å². The zero-order valence-corrected chi connectivity index (χ0v) is 23.7. The summed E-state index contributed by atoms with van der Waals surface area (Å²) in [5.41, 5.74) is 2.92. The first-order valence-electron chi connectivity index (χ1n) is 12.5. The van der Waals surface area contributed by atoms with E-state index in [-0.39, 0.29) is 23.1 Å². The van der Waals surface area contributed by atoms with Gasteiger partial charge in [0.05, 0.1) is 0 Å². The van der Waals surface area contributed by atoms with Crippen LogP contribution in [0, 0.1) is 12.1 Å². The molecule has 0 radical (unpaired) electrons. The minimum absolute atomic E-state index is 0. The Hall–Kier alpha value is -0.684. The van der Waals surface area contributed by atoms with E-state index >= 15 is 0 Å². The van der Waals surface area contributed by atoms with Crippen molar-refractivity contribution in [2.24, 2.45) is 0 Å². The molecule has 0 aliphatic rings. The van der Waals surface area contributed by atoms with E-state index in [0.717, 1.165) is 0 Å². The molecule has 0 saturated heterocycles. The number of benzene rings is 2. The molecule has 0 unspecified atom stereocenters. The third-order valence-electron chi connectivity index (χ3n) is 5.21. The molecule has 0 heterocycles. The molecule has 34 heavy (non-hydrogen) atoms. The summed E-state index contributed by atoms with van der Waals surface area (Å²) in [4.78, 5) is 21.6. The molecule has 0 amide bonds. The third-order valence-corrected chi connectivity index (χ3v) is 5.21. The van der Waals surface area contributed by atoms with Crippen LogP contribution in [0.2, 0.25) is 0 Å². The molecule has 2 rings (SSSR count). The Balaban J connectivity index is 0. The standard InChI is InChI=1S/2C14H21.Mg.H3O4P/c2*1-2-3-4-5-6-8-11-14-12-9-7-10-13-14;;1-5(2,3)4/h2*9-10,12-13H,2-6,8,11H2,1H3;;(H3,1,2,3,4)/q2*-1;+2;. The first-order chi connectivity index (χ1) is 15.9. The maximum atomic E-state index is 8.88. The van der Waals surface area contributed by atoms with Gasteiger partial charge in [0.2, 0.25) is 0 Å². The Morgan fingerprint density at radius 2 is 0.853 bits per heavy atom. The average molecular weight is 501 g/mol. The van der Waals surface area contributed by atoms with Crippen LogP contribution in [0.25, 0.3) is 0 Å². The fraction of sp³-hybridized carbons (Fsp3) is 0.571. The van der Waals surface area contributed by atoms with Gasteiger partial charge in [-0.2, -0.15) is 71.8 Å². The van der Waals surface area contributed by atoms with Crippen molar-refractivity contribution >= 4 is 30.9 Å². The predicted molar refractivity (Wildman–Crippen MR) is 145 cm³/mol. The van der Waals surface area contributed by atoms with Gasteiger partial charge in [-0.3, -0.25) is 0 Å². The van der Waals surface area contributed by atoms with Gasteiger partial charge in [-0.05, 0) is 0 Å². The second kappa shape index (κ2) is 25.4. The van der Waals surface area contributed by atoms with Crippen molar-refractivity contribution in [3.8, 4) is 0 Å². The van der Waals surface area contributed by atoms with E-state index in [1.54, 1.807) is 0 Å². The molecule has 188 valence electrons. The summed E-state index contributed by atoms with van der Waals surface area (Å²) in [6, 6.07) is 22.8. The molecule has 0 saturated carbocycles. The van der Waals surface area contributed by atoms with E-state index in [4.69, 9.17) is 19.2 Å². The summed E-state index contributed by atoms with van der Waals surface area (Å²) in [5, 5.41) is 0. The van der Waals surface area contributed by atoms with Gasteiger partial charge in [0.15, 0.2) is 0 Å². The van der Waals surface area contributed by atoms with Gasteiger partial charge in [-0.1, -0.05) is 104 Å². The van der Waals surface area contributed by atoms with Crippen molar-refractivity contribution in [3.63, 3.8) is 0 Å². The summed E-state index contributed by atoms with van der Waals surface area (Å²) < 4.78 is 8.88. The molecule has 0 bridgehead atoms. The van der Waals surface area contributed by atoms with Crippen LogP contribution < -0.4 is 0 Å². The Labute approximate surface area is 225 Å². The zero-order valence-electron chi connectivity index (χ0n) is 21.4. The molecule has 2 aromatic carbocycles. The third kappa shape index (κ3) is 29.3. The van der Waals surface area contributed by atoms with Crippen LogP contribution in [0.1, 0.15) is 102 Å². The van der Waals surface area contributed by atoms with Crippen molar-refractivity contribution in [1.82, 2.24) is 0 Å². The minimum atomic E-state index is -4.64. The first kappa shape index (κ1) is 35.5. The van der Waals surface area contributed by atoms with Gasteiger partial charge in [0.25, 0.3) is 0 Å². The van der Waals surface area contributed by atoms with Gasteiger partial charge in [-0.25, -0.2) is 4.57 Å². The van der Waals surface area contributed by atoms with E-state index < -0.39 is 7.82 Å². The van der Waals surface area contributed by atoms with Crippen molar-refractivity contribution in [3.05, 3.63) is 71.8 Å². The number of hydrogen-bond acceptors (Lipinski definition) is 1. The van der Waals surface area contributed by atoms with E-state index in [0.29, 0.717) is 0 Å². The normalized spacial score (nSPS) is 10.3. The van der Waals surface area contributed by atoms with Gasteiger partial charge < -0.3 is 14.7 Å². The van der Waals surface area contributed by atoms with Crippen LogP contribution >= 0.6 is 7.82 Å². The monoisotopic (exact) mass is 500 g/mol. The molecular weight excluding hydrogens is 456 g/mol. The van der Waals surface area contributed by atoms with Crippen LogP contribution in [0.15, 0.2) is 48.5 Å².